The first-order valence-corrected chi connectivity index (χ1v) is 8.52. The average Bonchev–Trinajstić information content (AvgIpc) is 3.14. The number of hydrogen-bond acceptors (Lipinski definition) is 6. The highest BCUT2D eigenvalue weighted by molar-refractivity contribution is 7.93. The number of benzene rings is 1. The van der Waals surface area contributed by atoms with E-state index in [-0.39, 0.29) is 4.90 Å². The smallest absolute Gasteiger partial charge is 0.262 e. The van der Waals surface area contributed by atoms with Crippen molar-refractivity contribution in [3.63, 3.8) is 0 Å². The first-order chi connectivity index (χ1) is 9.63. The van der Waals surface area contributed by atoms with Gasteiger partial charge in [-0.05, 0) is 30.5 Å². The van der Waals surface area contributed by atoms with E-state index in [2.05, 4.69) is 19.6 Å². The third-order valence-electron chi connectivity index (χ3n) is 3.00. The third-order valence-corrected chi connectivity index (χ3v) is 5.09. The van der Waals surface area contributed by atoms with Crippen LogP contribution < -0.4 is 10.0 Å². The first kappa shape index (κ1) is 13.5. The Morgan fingerprint density at radius 3 is 2.60 bits per heavy atom. The molecule has 2 aromatic rings. The van der Waals surface area contributed by atoms with Crippen LogP contribution in [0.15, 0.2) is 35.4 Å². The summed E-state index contributed by atoms with van der Waals surface area (Å²) in [6.07, 6.45) is 3.86. The van der Waals surface area contributed by atoms with Gasteiger partial charge in [0.2, 0.25) is 0 Å². The molecule has 0 radical (unpaired) electrons. The van der Waals surface area contributed by atoms with Crippen LogP contribution in [0.1, 0.15) is 18.4 Å². The summed E-state index contributed by atoms with van der Waals surface area (Å²) in [6.45, 7) is 0.775. The number of hydrogen-bond donors (Lipinski definition) is 2. The highest BCUT2D eigenvalue weighted by Gasteiger charge is 2.20. The summed E-state index contributed by atoms with van der Waals surface area (Å²) in [5.41, 5.74) is 1.08. The molecule has 2 N–H and O–H groups in total. The second-order valence-corrected chi connectivity index (χ2v) is 7.15. The van der Waals surface area contributed by atoms with Crippen molar-refractivity contribution in [2.75, 3.05) is 4.72 Å². The van der Waals surface area contributed by atoms with E-state index in [1.807, 2.05) is 12.1 Å². The molecule has 0 aliphatic heterocycles. The van der Waals surface area contributed by atoms with Crippen LogP contribution in [0.2, 0.25) is 0 Å². The summed E-state index contributed by atoms with van der Waals surface area (Å²) >= 11 is 1.00. The van der Waals surface area contributed by atoms with Gasteiger partial charge in [-0.15, -0.1) is 5.10 Å². The molecule has 0 atom stereocenters. The van der Waals surface area contributed by atoms with Crippen molar-refractivity contribution < 1.29 is 8.42 Å². The van der Waals surface area contributed by atoms with Gasteiger partial charge >= 0.3 is 0 Å². The van der Waals surface area contributed by atoms with E-state index in [0.29, 0.717) is 11.0 Å². The molecule has 1 aliphatic carbocycles. The quantitative estimate of drug-likeness (QED) is 0.846. The van der Waals surface area contributed by atoms with E-state index < -0.39 is 10.0 Å². The zero-order chi connectivity index (χ0) is 14.0. The van der Waals surface area contributed by atoms with E-state index in [9.17, 15) is 8.42 Å². The molecular formula is C12H14N4O2S2. The summed E-state index contributed by atoms with van der Waals surface area (Å²) in [5, 5.41) is 7.39. The van der Waals surface area contributed by atoms with Gasteiger partial charge in [-0.25, -0.2) is 8.42 Å². The molecule has 1 saturated carbocycles. The first-order valence-electron chi connectivity index (χ1n) is 6.26. The van der Waals surface area contributed by atoms with E-state index in [1.54, 1.807) is 12.1 Å². The van der Waals surface area contributed by atoms with Crippen molar-refractivity contribution in [3.05, 3.63) is 36.0 Å². The van der Waals surface area contributed by atoms with Gasteiger partial charge in [-0.3, -0.25) is 4.72 Å². The molecule has 0 bridgehead atoms. The second-order valence-electron chi connectivity index (χ2n) is 4.69. The Balaban J connectivity index is 1.69. The van der Waals surface area contributed by atoms with Crippen LogP contribution in [0, 0.1) is 0 Å². The molecular weight excluding hydrogens is 296 g/mol. The van der Waals surface area contributed by atoms with E-state index >= 15 is 0 Å². The Morgan fingerprint density at radius 2 is 2.00 bits per heavy atom. The van der Waals surface area contributed by atoms with Gasteiger partial charge in [0.1, 0.15) is 5.00 Å². The maximum atomic E-state index is 12.1. The number of nitrogens with zero attached hydrogens (tertiary/aromatic N) is 2. The maximum Gasteiger partial charge on any atom is 0.262 e. The molecule has 1 aromatic heterocycles. The molecule has 1 heterocycles. The lowest BCUT2D eigenvalue weighted by Gasteiger charge is -2.07. The SMILES string of the molecule is O=S(=O)(Nc1cnns1)c1ccc(CNC2CC2)cc1. The van der Waals surface area contributed by atoms with E-state index in [4.69, 9.17) is 0 Å². The number of aromatic nitrogens is 2. The minimum Gasteiger partial charge on any atom is -0.310 e. The summed E-state index contributed by atoms with van der Waals surface area (Å²) < 4.78 is 30.3. The van der Waals surface area contributed by atoms with Crippen molar-refractivity contribution in [1.82, 2.24) is 14.9 Å². The molecule has 3 rings (SSSR count). The Labute approximate surface area is 121 Å². The fraction of sp³-hybridized carbons (Fsp3) is 0.333. The van der Waals surface area contributed by atoms with Gasteiger partial charge in [-0.2, -0.15) is 0 Å². The molecule has 6 nitrogen and oxygen atoms in total. The second kappa shape index (κ2) is 5.47. The molecule has 1 fully saturated rings. The summed E-state index contributed by atoms with van der Waals surface area (Å²) in [6, 6.07) is 7.52. The lowest BCUT2D eigenvalue weighted by Crippen LogP contribution is -2.16. The van der Waals surface area contributed by atoms with Crippen LogP contribution in [0.5, 0.6) is 0 Å². The highest BCUT2D eigenvalue weighted by Crippen LogP contribution is 2.20. The molecule has 1 aromatic carbocycles. The van der Waals surface area contributed by atoms with Crippen LogP contribution in [-0.4, -0.2) is 24.0 Å². The predicted molar refractivity (Wildman–Crippen MR) is 77.0 cm³/mol. The minimum atomic E-state index is -3.56. The van der Waals surface area contributed by atoms with Gasteiger partial charge in [0, 0.05) is 24.1 Å². The van der Waals surface area contributed by atoms with Gasteiger partial charge < -0.3 is 5.32 Å². The number of anilines is 1. The molecule has 20 heavy (non-hydrogen) atoms. The topological polar surface area (TPSA) is 84.0 Å². The zero-order valence-electron chi connectivity index (χ0n) is 10.6. The number of nitrogens with one attached hydrogen (secondary N) is 2. The van der Waals surface area contributed by atoms with Gasteiger partial charge in [0.05, 0.1) is 11.1 Å². The number of sulfonamides is 1. The van der Waals surface area contributed by atoms with Crippen molar-refractivity contribution in [1.29, 1.82) is 0 Å². The predicted octanol–water partition coefficient (Wildman–Crippen LogP) is 1.59. The maximum absolute atomic E-state index is 12.1. The molecule has 0 saturated heterocycles. The Hall–Kier alpha value is -1.51. The van der Waals surface area contributed by atoms with Crippen molar-refractivity contribution in [2.45, 2.75) is 30.3 Å². The molecule has 106 valence electrons. The van der Waals surface area contributed by atoms with Crippen LogP contribution in [0.3, 0.4) is 0 Å². The fourth-order valence-electron chi connectivity index (χ4n) is 1.74. The largest absolute Gasteiger partial charge is 0.310 e. The summed E-state index contributed by atoms with van der Waals surface area (Å²) in [7, 11) is -3.56. The van der Waals surface area contributed by atoms with Crippen molar-refractivity contribution in [3.8, 4) is 0 Å². The number of rotatable bonds is 6. The van der Waals surface area contributed by atoms with Crippen LogP contribution in [0.25, 0.3) is 0 Å². The molecule has 0 spiro atoms. The Bertz CT molecular complexity index is 664. The lowest BCUT2D eigenvalue weighted by atomic mass is 10.2. The monoisotopic (exact) mass is 310 g/mol. The fourth-order valence-corrected chi connectivity index (χ4v) is 3.42. The molecule has 0 unspecified atom stereocenters. The highest BCUT2D eigenvalue weighted by atomic mass is 32.2. The van der Waals surface area contributed by atoms with Crippen molar-refractivity contribution in [2.24, 2.45) is 0 Å². The summed E-state index contributed by atoms with van der Waals surface area (Å²) in [4.78, 5) is 0.237. The van der Waals surface area contributed by atoms with Gasteiger partial charge in [0.15, 0.2) is 0 Å². The molecule has 1 aliphatic rings. The lowest BCUT2D eigenvalue weighted by molar-refractivity contribution is 0.601. The third kappa shape index (κ3) is 3.33. The van der Waals surface area contributed by atoms with Crippen LogP contribution in [-0.2, 0) is 16.6 Å². The summed E-state index contributed by atoms with van der Waals surface area (Å²) in [5.74, 6) is 0. The minimum absolute atomic E-state index is 0.237. The zero-order valence-corrected chi connectivity index (χ0v) is 12.2. The van der Waals surface area contributed by atoms with Gasteiger partial charge in [0.25, 0.3) is 10.0 Å². The average molecular weight is 310 g/mol. The Morgan fingerprint density at radius 1 is 1.25 bits per heavy atom. The van der Waals surface area contributed by atoms with E-state index in [0.717, 1.165) is 23.6 Å². The van der Waals surface area contributed by atoms with Crippen LogP contribution >= 0.6 is 11.5 Å². The normalized spacial score (nSPS) is 15.2. The molecule has 0 amide bonds. The van der Waals surface area contributed by atoms with Crippen molar-refractivity contribution >= 4 is 26.6 Å². The standard InChI is InChI=1S/C12H14N4O2S2/c17-20(18,15-12-8-14-16-19-12)11-5-1-9(2-6-11)7-13-10-3-4-10/h1-2,5-6,8,10,13,15H,3-4,7H2. The van der Waals surface area contributed by atoms with E-state index in [1.165, 1.54) is 19.0 Å². The Kier molecular flexibility index (Phi) is 3.68. The van der Waals surface area contributed by atoms with Gasteiger partial charge in [-0.1, -0.05) is 16.6 Å². The van der Waals surface area contributed by atoms with Crippen LogP contribution in [0.4, 0.5) is 5.00 Å². The molecule has 8 heteroatoms.